The number of hydrogen-bond donors (Lipinski definition) is 0. The van der Waals surface area contributed by atoms with E-state index in [0.717, 1.165) is 7.28 Å². The third kappa shape index (κ3) is 2.35. The van der Waals surface area contributed by atoms with Crippen molar-refractivity contribution in [1.82, 2.24) is 0 Å². The summed E-state index contributed by atoms with van der Waals surface area (Å²) >= 11 is 0. The Morgan fingerprint density at radius 2 is 1.85 bits per heavy atom. The summed E-state index contributed by atoms with van der Waals surface area (Å²) in [5, 5.41) is 0. The minimum atomic E-state index is 1.08. The monoisotopic (exact) mass is 168 g/mol. The highest BCUT2D eigenvalue weighted by Gasteiger charge is 2.00. The second kappa shape index (κ2) is 4.13. The highest BCUT2D eigenvalue weighted by Crippen LogP contribution is 2.07. The minimum absolute atomic E-state index is 1.08. The molecule has 0 saturated carbocycles. The summed E-state index contributed by atoms with van der Waals surface area (Å²) in [6, 6.07) is 10.6. The van der Waals surface area contributed by atoms with Gasteiger partial charge in [-0.05, 0) is 12.8 Å². The van der Waals surface area contributed by atoms with Crippen LogP contribution in [0.5, 0.6) is 0 Å². The molecule has 0 aromatic heterocycles. The molecule has 0 unspecified atom stereocenters. The SMILES string of the molecule is B(C1=CCCC=C1)c1ccccc1. The van der Waals surface area contributed by atoms with Gasteiger partial charge in [-0.2, -0.15) is 0 Å². The molecule has 1 aliphatic rings. The normalized spacial score (nSPS) is 15.2. The topological polar surface area (TPSA) is 0 Å². The summed E-state index contributed by atoms with van der Waals surface area (Å²) in [7, 11) is 1.08. The average Bonchev–Trinajstić information content (AvgIpc) is 2.21. The first-order valence-corrected chi connectivity index (χ1v) is 4.84. The van der Waals surface area contributed by atoms with Gasteiger partial charge in [0.2, 0.25) is 0 Å². The van der Waals surface area contributed by atoms with Gasteiger partial charge >= 0.3 is 0 Å². The van der Waals surface area contributed by atoms with Crippen LogP contribution in [0, 0.1) is 0 Å². The average molecular weight is 168 g/mol. The molecule has 1 aromatic rings. The van der Waals surface area contributed by atoms with E-state index in [1.54, 1.807) is 0 Å². The highest BCUT2D eigenvalue weighted by atomic mass is 13.9. The molecule has 0 nitrogen and oxygen atoms in total. The first kappa shape index (κ1) is 8.37. The van der Waals surface area contributed by atoms with Gasteiger partial charge in [0.1, 0.15) is 0 Å². The number of benzene rings is 1. The van der Waals surface area contributed by atoms with Gasteiger partial charge in [0, 0.05) is 0 Å². The predicted molar refractivity (Wildman–Crippen MR) is 59.7 cm³/mol. The van der Waals surface area contributed by atoms with Crippen LogP contribution >= 0.6 is 0 Å². The Morgan fingerprint density at radius 3 is 2.54 bits per heavy atom. The van der Waals surface area contributed by atoms with Crippen LogP contribution in [0.1, 0.15) is 12.8 Å². The molecule has 0 aliphatic heterocycles. The van der Waals surface area contributed by atoms with E-state index in [9.17, 15) is 0 Å². The Labute approximate surface area is 80.2 Å². The first-order chi connectivity index (χ1) is 6.45. The zero-order valence-electron chi connectivity index (χ0n) is 7.74. The second-order valence-electron chi connectivity index (χ2n) is 3.42. The van der Waals surface area contributed by atoms with E-state index in [2.05, 4.69) is 48.6 Å². The Bertz CT molecular complexity index is 322. The van der Waals surface area contributed by atoms with E-state index in [1.165, 1.54) is 23.8 Å². The summed E-state index contributed by atoms with van der Waals surface area (Å²) in [5.41, 5.74) is 2.86. The third-order valence-corrected chi connectivity index (χ3v) is 2.32. The van der Waals surface area contributed by atoms with Crippen molar-refractivity contribution in [2.24, 2.45) is 0 Å². The number of rotatable bonds is 2. The fourth-order valence-electron chi connectivity index (χ4n) is 1.63. The lowest BCUT2D eigenvalue weighted by Crippen LogP contribution is -2.15. The van der Waals surface area contributed by atoms with Crippen molar-refractivity contribution >= 4 is 12.7 Å². The van der Waals surface area contributed by atoms with Crippen LogP contribution in [0.2, 0.25) is 0 Å². The summed E-state index contributed by atoms with van der Waals surface area (Å²) in [6.07, 6.45) is 9.26. The first-order valence-electron chi connectivity index (χ1n) is 4.84. The smallest absolute Gasteiger partial charge is 0.0897 e. The van der Waals surface area contributed by atoms with Crippen LogP contribution in [-0.2, 0) is 0 Å². The molecular formula is C12H13B. The molecule has 0 bridgehead atoms. The maximum absolute atomic E-state index is 2.34. The number of hydrogen-bond acceptors (Lipinski definition) is 0. The van der Waals surface area contributed by atoms with E-state index < -0.39 is 0 Å². The molecule has 13 heavy (non-hydrogen) atoms. The van der Waals surface area contributed by atoms with Crippen LogP contribution in [0.15, 0.2) is 54.0 Å². The minimum Gasteiger partial charge on any atom is -0.0897 e. The highest BCUT2D eigenvalue weighted by molar-refractivity contribution is 6.61. The van der Waals surface area contributed by atoms with E-state index in [0.29, 0.717) is 0 Å². The Morgan fingerprint density at radius 1 is 1.00 bits per heavy atom. The zero-order valence-corrected chi connectivity index (χ0v) is 7.74. The van der Waals surface area contributed by atoms with Crippen molar-refractivity contribution in [2.75, 3.05) is 0 Å². The lowest BCUT2D eigenvalue weighted by atomic mass is 9.62. The maximum atomic E-state index is 2.34. The van der Waals surface area contributed by atoms with E-state index in [1.807, 2.05) is 0 Å². The number of allylic oxidation sites excluding steroid dienone is 4. The Balaban J connectivity index is 2.06. The Kier molecular flexibility index (Phi) is 2.66. The van der Waals surface area contributed by atoms with E-state index in [4.69, 9.17) is 0 Å². The molecule has 0 N–H and O–H groups in total. The van der Waals surface area contributed by atoms with Crippen LogP contribution in [0.4, 0.5) is 0 Å². The van der Waals surface area contributed by atoms with Crippen LogP contribution in [-0.4, -0.2) is 7.28 Å². The largest absolute Gasteiger partial charge is 0.191 e. The summed E-state index contributed by atoms with van der Waals surface area (Å²) in [4.78, 5) is 0. The van der Waals surface area contributed by atoms with E-state index in [-0.39, 0.29) is 0 Å². The molecule has 1 heteroatoms. The standard InChI is InChI=1S/C12H13B/c1-3-7-11(8-4-1)13-12-9-5-2-6-10-12/h1,3-5,7-10,13H,2,6H2. The van der Waals surface area contributed by atoms with Gasteiger partial charge in [-0.15, -0.1) is 0 Å². The molecular weight excluding hydrogens is 155 g/mol. The molecule has 0 atom stereocenters. The van der Waals surface area contributed by atoms with Crippen molar-refractivity contribution in [3.63, 3.8) is 0 Å². The quantitative estimate of drug-likeness (QED) is 0.592. The molecule has 2 rings (SSSR count). The summed E-state index contributed by atoms with van der Waals surface area (Å²) < 4.78 is 0. The maximum Gasteiger partial charge on any atom is 0.191 e. The van der Waals surface area contributed by atoms with Crippen LogP contribution < -0.4 is 5.46 Å². The molecule has 0 heterocycles. The molecule has 1 aliphatic carbocycles. The van der Waals surface area contributed by atoms with Gasteiger partial charge in [0.25, 0.3) is 0 Å². The lowest BCUT2D eigenvalue weighted by Gasteiger charge is -2.04. The van der Waals surface area contributed by atoms with Crippen LogP contribution in [0.3, 0.4) is 0 Å². The van der Waals surface area contributed by atoms with Gasteiger partial charge in [-0.25, -0.2) is 0 Å². The van der Waals surface area contributed by atoms with E-state index >= 15 is 0 Å². The van der Waals surface area contributed by atoms with Gasteiger partial charge in [-0.3, -0.25) is 0 Å². The predicted octanol–water partition coefficient (Wildman–Crippen LogP) is 1.98. The lowest BCUT2D eigenvalue weighted by molar-refractivity contribution is 1.03. The molecule has 1 aromatic carbocycles. The fourth-order valence-corrected chi connectivity index (χ4v) is 1.63. The van der Waals surface area contributed by atoms with Crippen molar-refractivity contribution in [3.05, 3.63) is 54.0 Å². The van der Waals surface area contributed by atoms with Gasteiger partial charge < -0.3 is 0 Å². The summed E-state index contributed by atoms with van der Waals surface area (Å²) in [6.45, 7) is 0. The third-order valence-electron chi connectivity index (χ3n) is 2.32. The van der Waals surface area contributed by atoms with Crippen molar-refractivity contribution in [2.45, 2.75) is 12.8 Å². The second-order valence-corrected chi connectivity index (χ2v) is 3.42. The van der Waals surface area contributed by atoms with Crippen LogP contribution in [0.25, 0.3) is 0 Å². The van der Waals surface area contributed by atoms with Gasteiger partial charge in [0.05, 0.1) is 0 Å². The van der Waals surface area contributed by atoms with Crippen molar-refractivity contribution < 1.29 is 0 Å². The zero-order chi connectivity index (χ0) is 8.93. The Hall–Kier alpha value is -1.24. The summed E-state index contributed by atoms with van der Waals surface area (Å²) in [5.74, 6) is 0. The molecule has 0 spiro atoms. The molecule has 0 radical (unpaired) electrons. The fraction of sp³-hybridized carbons (Fsp3) is 0.167. The van der Waals surface area contributed by atoms with Gasteiger partial charge in [-0.1, -0.05) is 59.5 Å². The molecule has 0 amide bonds. The molecule has 0 saturated heterocycles. The van der Waals surface area contributed by atoms with Crippen molar-refractivity contribution in [3.8, 4) is 0 Å². The van der Waals surface area contributed by atoms with Gasteiger partial charge in [0.15, 0.2) is 7.28 Å². The molecule has 0 fully saturated rings. The van der Waals surface area contributed by atoms with Crippen molar-refractivity contribution in [1.29, 1.82) is 0 Å². The molecule has 64 valence electrons.